The first-order valence-corrected chi connectivity index (χ1v) is 6.12. The minimum Gasteiger partial charge on any atom is -0.345 e. The molecule has 92 valence electrons. The Morgan fingerprint density at radius 3 is 3.00 bits per heavy atom. The second kappa shape index (κ2) is 4.25. The summed E-state index contributed by atoms with van der Waals surface area (Å²) in [4.78, 5) is 12.0. The van der Waals surface area contributed by atoms with Gasteiger partial charge in [-0.15, -0.1) is 10.2 Å². The summed E-state index contributed by atoms with van der Waals surface area (Å²) in [5.74, 6) is 1.65. The fourth-order valence-corrected chi connectivity index (χ4v) is 2.25. The van der Waals surface area contributed by atoms with E-state index in [1.54, 1.807) is 0 Å². The van der Waals surface area contributed by atoms with Crippen LogP contribution in [0.4, 0.5) is 0 Å². The summed E-state index contributed by atoms with van der Waals surface area (Å²) in [5, 5.41) is 11.2. The van der Waals surface area contributed by atoms with Crippen molar-refractivity contribution < 1.29 is 4.79 Å². The summed E-state index contributed by atoms with van der Waals surface area (Å²) in [6.45, 7) is 2.53. The van der Waals surface area contributed by atoms with E-state index in [0.29, 0.717) is 12.1 Å². The van der Waals surface area contributed by atoms with E-state index in [4.69, 9.17) is 0 Å². The second-order valence-electron chi connectivity index (χ2n) is 4.32. The van der Waals surface area contributed by atoms with Crippen LogP contribution in [0.1, 0.15) is 35.4 Å². The van der Waals surface area contributed by atoms with Gasteiger partial charge >= 0.3 is 0 Å². The number of aryl methyl sites for hydroxylation is 1. The van der Waals surface area contributed by atoms with E-state index >= 15 is 0 Å². The molecule has 0 fully saturated rings. The normalized spacial score (nSPS) is 13.5. The minimum atomic E-state index is -0.0569. The molecule has 1 amide bonds. The molecule has 3 rings (SSSR count). The third kappa shape index (κ3) is 1.59. The number of nitrogens with one attached hydrogen (secondary N) is 1. The molecule has 0 saturated carbocycles. The van der Waals surface area contributed by atoms with Gasteiger partial charge in [-0.2, -0.15) is 0 Å². The van der Waals surface area contributed by atoms with E-state index in [-0.39, 0.29) is 5.91 Å². The fraction of sp³-hybridized carbons (Fsp3) is 0.308. The molecule has 5 heteroatoms. The van der Waals surface area contributed by atoms with Crippen molar-refractivity contribution >= 4 is 5.91 Å². The highest BCUT2D eigenvalue weighted by atomic mass is 16.1. The molecule has 0 bridgehead atoms. The molecule has 0 unspecified atom stereocenters. The maximum atomic E-state index is 12.0. The van der Waals surface area contributed by atoms with Crippen molar-refractivity contribution in [2.75, 3.05) is 0 Å². The van der Waals surface area contributed by atoms with Gasteiger partial charge in [0.2, 0.25) is 0 Å². The number of hydrogen-bond donors (Lipinski definition) is 1. The highest BCUT2D eigenvalue weighted by Crippen LogP contribution is 2.21. The van der Waals surface area contributed by atoms with Crippen molar-refractivity contribution in [2.45, 2.75) is 26.3 Å². The summed E-state index contributed by atoms with van der Waals surface area (Å²) >= 11 is 0. The van der Waals surface area contributed by atoms with Crippen molar-refractivity contribution in [2.24, 2.45) is 0 Å². The molecule has 1 aliphatic rings. The molecular weight excluding hydrogens is 228 g/mol. The van der Waals surface area contributed by atoms with Crippen molar-refractivity contribution in [3.05, 3.63) is 41.5 Å². The van der Waals surface area contributed by atoms with Crippen LogP contribution in [0, 0.1) is 0 Å². The summed E-state index contributed by atoms with van der Waals surface area (Å²) in [6.07, 6.45) is 1.86. The summed E-state index contributed by atoms with van der Waals surface area (Å²) < 4.78 is 2.00. The maximum Gasteiger partial charge on any atom is 0.253 e. The van der Waals surface area contributed by atoms with E-state index in [1.807, 2.05) is 28.8 Å². The number of fused-ring (bicyclic) bond motifs is 3. The monoisotopic (exact) mass is 242 g/mol. The van der Waals surface area contributed by atoms with Gasteiger partial charge < -0.3 is 5.32 Å². The zero-order valence-electron chi connectivity index (χ0n) is 10.2. The number of nitrogens with zero attached hydrogens (tertiary/aromatic N) is 3. The Labute approximate surface area is 105 Å². The van der Waals surface area contributed by atoms with E-state index in [0.717, 1.165) is 30.2 Å². The number of aromatic nitrogens is 3. The molecule has 5 nitrogen and oxygen atoms in total. The van der Waals surface area contributed by atoms with Crippen LogP contribution in [0.15, 0.2) is 24.3 Å². The average molecular weight is 242 g/mol. The zero-order valence-corrected chi connectivity index (χ0v) is 10.2. The standard InChI is InChI=1S/C13H14N4O/c1-2-5-11-15-16-12-8-14-13(18)9-6-3-4-7-10(9)17(11)12/h3-4,6-7H,2,5,8H2,1H3,(H,14,18). The van der Waals surface area contributed by atoms with Crippen molar-refractivity contribution in [1.29, 1.82) is 0 Å². The smallest absolute Gasteiger partial charge is 0.253 e. The average Bonchev–Trinajstić information content (AvgIpc) is 2.73. The third-order valence-electron chi connectivity index (χ3n) is 3.07. The van der Waals surface area contributed by atoms with Crippen LogP contribution in [0.25, 0.3) is 5.69 Å². The Kier molecular flexibility index (Phi) is 2.59. The van der Waals surface area contributed by atoms with Crippen LogP contribution in [0.2, 0.25) is 0 Å². The molecule has 2 heterocycles. The van der Waals surface area contributed by atoms with E-state index in [1.165, 1.54) is 0 Å². The molecule has 0 spiro atoms. The van der Waals surface area contributed by atoms with Gasteiger partial charge in [-0.3, -0.25) is 9.36 Å². The van der Waals surface area contributed by atoms with E-state index in [2.05, 4.69) is 22.4 Å². The second-order valence-corrected chi connectivity index (χ2v) is 4.32. The lowest BCUT2D eigenvalue weighted by molar-refractivity contribution is 0.0952. The lowest BCUT2D eigenvalue weighted by Crippen LogP contribution is -2.21. The lowest BCUT2D eigenvalue weighted by atomic mass is 10.1. The third-order valence-corrected chi connectivity index (χ3v) is 3.07. The predicted molar refractivity (Wildman–Crippen MR) is 66.5 cm³/mol. The van der Waals surface area contributed by atoms with Crippen LogP contribution in [0.5, 0.6) is 0 Å². The Hall–Kier alpha value is -2.17. The molecule has 1 aliphatic heterocycles. The molecule has 1 N–H and O–H groups in total. The molecule has 1 aromatic carbocycles. The molecule has 0 atom stereocenters. The molecule has 2 aromatic rings. The molecule has 0 aliphatic carbocycles. The minimum absolute atomic E-state index is 0.0569. The quantitative estimate of drug-likeness (QED) is 0.867. The van der Waals surface area contributed by atoms with Gasteiger partial charge in [0.1, 0.15) is 5.82 Å². The van der Waals surface area contributed by atoms with Crippen LogP contribution in [-0.2, 0) is 13.0 Å². The highest BCUT2D eigenvalue weighted by molar-refractivity contribution is 5.98. The number of carbonyl (C=O) groups is 1. The number of rotatable bonds is 2. The number of benzene rings is 1. The largest absolute Gasteiger partial charge is 0.345 e. The fourth-order valence-electron chi connectivity index (χ4n) is 2.25. The topological polar surface area (TPSA) is 59.8 Å². The first-order chi connectivity index (χ1) is 8.81. The van der Waals surface area contributed by atoms with Crippen molar-refractivity contribution in [1.82, 2.24) is 20.1 Å². The van der Waals surface area contributed by atoms with Gasteiger partial charge in [-0.1, -0.05) is 19.1 Å². The lowest BCUT2D eigenvalue weighted by Gasteiger charge is -2.09. The van der Waals surface area contributed by atoms with Gasteiger partial charge in [0.25, 0.3) is 5.91 Å². The van der Waals surface area contributed by atoms with Crippen molar-refractivity contribution in [3.63, 3.8) is 0 Å². The van der Waals surface area contributed by atoms with Gasteiger partial charge in [0.05, 0.1) is 17.8 Å². The van der Waals surface area contributed by atoms with Gasteiger partial charge in [0.15, 0.2) is 5.82 Å². The molecule has 18 heavy (non-hydrogen) atoms. The first-order valence-electron chi connectivity index (χ1n) is 6.12. The number of hydrogen-bond acceptors (Lipinski definition) is 3. The van der Waals surface area contributed by atoms with Crippen LogP contribution < -0.4 is 5.32 Å². The summed E-state index contributed by atoms with van der Waals surface area (Å²) in [6, 6.07) is 7.56. The molecular formula is C13H14N4O. The Balaban J connectivity index is 2.24. The number of amides is 1. The van der Waals surface area contributed by atoms with Crippen LogP contribution in [0.3, 0.4) is 0 Å². The van der Waals surface area contributed by atoms with Crippen LogP contribution >= 0.6 is 0 Å². The number of para-hydroxylation sites is 1. The maximum absolute atomic E-state index is 12.0. The van der Waals surface area contributed by atoms with Crippen molar-refractivity contribution in [3.8, 4) is 5.69 Å². The Morgan fingerprint density at radius 1 is 1.33 bits per heavy atom. The Morgan fingerprint density at radius 2 is 2.17 bits per heavy atom. The zero-order chi connectivity index (χ0) is 12.5. The van der Waals surface area contributed by atoms with Gasteiger partial charge in [0, 0.05) is 6.42 Å². The summed E-state index contributed by atoms with van der Waals surface area (Å²) in [7, 11) is 0. The Bertz CT molecular complexity index is 603. The predicted octanol–water partition coefficient (Wildman–Crippen LogP) is 1.46. The van der Waals surface area contributed by atoms with Crippen LogP contribution in [-0.4, -0.2) is 20.7 Å². The first kappa shape index (κ1) is 11.0. The highest BCUT2D eigenvalue weighted by Gasteiger charge is 2.22. The van der Waals surface area contributed by atoms with Gasteiger partial charge in [-0.25, -0.2) is 0 Å². The number of carbonyl (C=O) groups excluding carboxylic acids is 1. The van der Waals surface area contributed by atoms with Gasteiger partial charge in [-0.05, 0) is 18.6 Å². The summed E-state index contributed by atoms with van der Waals surface area (Å²) in [5.41, 5.74) is 1.55. The van der Waals surface area contributed by atoms with E-state index < -0.39 is 0 Å². The molecule has 0 saturated heterocycles. The van der Waals surface area contributed by atoms with E-state index in [9.17, 15) is 4.79 Å². The molecule has 0 radical (unpaired) electrons. The SMILES string of the molecule is CCCc1nnc2n1-c1ccccc1C(=O)NC2. The molecule has 1 aromatic heterocycles.